The van der Waals surface area contributed by atoms with E-state index in [1.807, 2.05) is 0 Å². The van der Waals surface area contributed by atoms with Crippen molar-refractivity contribution in [3.63, 3.8) is 0 Å². The molecule has 0 spiro atoms. The molecule has 1 heterocycles. The van der Waals surface area contributed by atoms with Crippen molar-refractivity contribution in [3.8, 4) is 11.3 Å². The van der Waals surface area contributed by atoms with Crippen molar-refractivity contribution in [3.05, 3.63) is 46.1 Å². The smallest absolute Gasteiger partial charge is 0.269 e. The maximum atomic E-state index is 11.2. The molecule has 1 aromatic heterocycles. The zero-order valence-corrected chi connectivity index (χ0v) is 9.94. The van der Waals surface area contributed by atoms with Gasteiger partial charge in [-0.2, -0.15) is 5.10 Å². The Morgan fingerprint density at radius 2 is 2.00 bits per heavy atom. The van der Waals surface area contributed by atoms with Gasteiger partial charge >= 0.3 is 0 Å². The first-order valence-electron chi connectivity index (χ1n) is 5.33. The third-order valence-corrected chi connectivity index (χ3v) is 2.54. The summed E-state index contributed by atoms with van der Waals surface area (Å²) in [6.45, 7) is 1.32. The van der Waals surface area contributed by atoms with E-state index in [9.17, 15) is 19.7 Å². The fourth-order valence-corrected chi connectivity index (χ4v) is 1.60. The third-order valence-electron chi connectivity index (χ3n) is 2.54. The highest BCUT2D eigenvalue weighted by molar-refractivity contribution is 5.87. The van der Waals surface area contributed by atoms with E-state index in [-0.39, 0.29) is 17.2 Å². The number of carbonyl (C=O) groups excluding carboxylic acids is 2. The zero-order chi connectivity index (χ0) is 14.0. The van der Waals surface area contributed by atoms with Crippen molar-refractivity contribution < 1.29 is 14.5 Å². The average molecular weight is 259 g/mol. The van der Waals surface area contributed by atoms with Crippen LogP contribution in [0.5, 0.6) is 0 Å². The number of carbonyl (C=O) groups is 2. The summed E-state index contributed by atoms with van der Waals surface area (Å²) in [6, 6.07) is 5.60. The van der Waals surface area contributed by atoms with E-state index < -0.39 is 4.92 Å². The topological polar surface area (TPSA) is 95.1 Å². The Morgan fingerprint density at radius 3 is 2.47 bits per heavy atom. The summed E-state index contributed by atoms with van der Waals surface area (Å²) in [4.78, 5) is 32.2. The van der Waals surface area contributed by atoms with E-state index >= 15 is 0 Å². The number of aldehydes is 1. The van der Waals surface area contributed by atoms with Crippen LogP contribution >= 0.6 is 0 Å². The van der Waals surface area contributed by atoms with Gasteiger partial charge in [-0.3, -0.25) is 19.7 Å². The van der Waals surface area contributed by atoms with Gasteiger partial charge in [0.15, 0.2) is 6.29 Å². The number of hydrogen-bond donors (Lipinski definition) is 0. The summed E-state index contributed by atoms with van der Waals surface area (Å²) in [5.41, 5.74) is 1.05. The van der Waals surface area contributed by atoms with Crippen LogP contribution in [0.2, 0.25) is 0 Å². The molecule has 2 aromatic rings. The number of nitro benzene ring substituents is 1. The number of hydrogen-bond acceptors (Lipinski definition) is 5. The Morgan fingerprint density at radius 1 is 1.37 bits per heavy atom. The van der Waals surface area contributed by atoms with Gasteiger partial charge in [0.25, 0.3) is 5.69 Å². The van der Waals surface area contributed by atoms with E-state index in [0.29, 0.717) is 17.5 Å². The van der Waals surface area contributed by atoms with Crippen LogP contribution in [0.4, 0.5) is 5.69 Å². The first-order chi connectivity index (χ1) is 9.02. The number of non-ortho nitro benzene ring substituents is 1. The van der Waals surface area contributed by atoms with Gasteiger partial charge in [-0.15, -0.1) is 0 Å². The molecular formula is C12H9N3O4. The Hall–Kier alpha value is -2.83. The van der Waals surface area contributed by atoms with E-state index in [1.54, 1.807) is 0 Å². The van der Waals surface area contributed by atoms with Gasteiger partial charge in [0.1, 0.15) is 5.69 Å². The fourth-order valence-electron chi connectivity index (χ4n) is 1.60. The Kier molecular flexibility index (Phi) is 3.19. The van der Waals surface area contributed by atoms with Crippen LogP contribution in [0.25, 0.3) is 11.3 Å². The van der Waals surface area contributed by atoms with E-state index in [4.69, 9.17) is 0 Å². The largest absolute Gasteiger partial charge is 0.298 e. The number of nitro groups is 1. The Bertz CT molecular complexity index is 658. The first kappa shape index (κ1) is 12.6. The number of rotatable bonds is 3. The molecule has 0 saturated carbocycles. The minimum Gasteiger partial charge on any atom is -0.298 e. The van der Waals surface area contributed by atoms with Crippen molar-refractivity contribution >= 4 is 17.9 Å². The lowest BCUT2D eigenvalue weighted by Crippen LogP contribution is -2.05. The lowest BCUT2D eigenvalue weighted by molar-refractivity contribution is -0.384. The molecule has 0 aliphatic heterocycles. The average Bonchev–Trinajstić information content (AvgIpc) is 2.83. The lowest BCUT2D eigenvalue weighted by Gasteiger charge is -1.97. The summed E-state index contributed by atoms with van der Waals surface area (Å²) in [6.07, 6.45) is 1.91. The molecule has 0 bridgehead atoms. The molecule has 0 aliphatic carbocycles. The molecule has 0 fully saturated rings. The highest BCUT2D eigenvalue weighted by atomic mass is 16.6. The second kappa shape index (κ2) is 4.81. The molecule has 7 nitrogen and oxygen atoms in total. The van der Waals surface area contributed by atoms with Crippen LogP contribution in [-0.4, -0.2) is 26.9 Å². The summed E-state index contributed by atoms with van der Waals surface area (Å²) < 4.78 is 1.06. The molecule has 0 N–H and O–H groups in total. The van der Waals surface area contributed by atoms with Crippen molar-refractivity contribution in [2.75, 3.05) is 0 Å². The lowest BCUT2D eigenvalue weighted by atomic mass is 10.1. The SMILES string of the molecule is CC(=O)n1cc(C=O)c(-c2ccc([N+](=O)[O-])cc2)n1. The van der Waals surface area contributed by atoms with Gasteiger partial charge in [0.2, 0.25) is 5.91 Å². The highest BCUT2D eigenvalue weighted by Crippen LogP contribution is 2.23. The second-order valence-electron chi connectivity index (χ2n) is 3.82. The molecule has 19 heavy (non-hydrogen) atoms. The Labute approximate surface area is 107 Å². The molecule has 1 aromatic carbocycles. The fraction of sp³-hybridized carbons (Fsp3) is 0.0833. The van der Waals surface area contributed by atoms with E-state index in [2.05, 4.69) is 5.10 Å². The van der Waals surface area contributed by atoms with Crippen LogP contribution in [0, 0.1) is 10.1 Å². The van der Waals surface area contributed by atoms with Crippen molar-refractivity contribution in [2.24, 2.45) is 0 Å². The van der Waals surface area contributed by atoms with Crippen molar-refractivity contribution in [2.45, 2.75) is 6.92 Å². The normalized spacial score (nSPS) is 10.2. The van der Waals surface area contributed by atoms with E-state index in [0.717, 1.165) is 4.68 Å². The molecule has 0 amide bonds. The standard InChI is InChI=1S/C12H9N3O4/c1-8(17)14-6-10(7-16)12(13-14)9-2-4-11(5-3-9)15(18)19/h2-7H,1H3. The predicted molar refractivity (Wildman–Crippen MR) is 66.0 cm³/mol. The number of benzene rings is 1. The van der Waals surface area contributed by atoms with Gasteiger partial charge in [0.05, 0.1) is 10.5 Å². The van der Waals surface area contributed by atoms with Gasteiger partial charge in [0, 0.05) is 30.8 Å². The maximum Gasteiger partial charge on any atom is 0.269 e. The summed E-state index contributed by atoms with van der Waals surface area (Å²) in [5, 5.41) is 14.5. The molecule has 0 saturated heterocycles. The van der Waals surface area contributed by atoms with Crippen LogP contribution in [-0.2, 0) is 0 Å². The van der Waals surface area contributed by atoms with Crippen LogP contribution in [0.15, 0.2) is 30.5 Å². The quantitative estimate of drug-likeness (QED) is 0.476. The van der Waals surface area contributed by atoms with Crippen molar-refractivity contribution in [1.29, 1.82) is 0 Å². The summed E-state index contributed by atoms with van der Waals surface area (Å²) in [7, 11) is 0. The summed E-state index contributed by atoms with van der Waals surface area (Å²) in [5.74, 6) is -0.323. The van der Waals surface area contributed by atoms with Gasteiger partial charge < -0.3 is 0 Å². The third kappa shape index (κ3) is 2.39. The number of nitrogens with zero attached hydrogens (tertiary/aromatic N) is 3. The molecular weight excluding hydrogens is 250 g/mol. The summed E-state index contributed by atoms with van der Waals surface area (Å²) >= 11 is 0. The zero-order valence-electron chi connectivity index (χ0n) is 9.94. The highest BCUT2D eigenvalue weighted by Gasteiger charge is 2.13. The van der Waals surface area contributed by atoms with Crippen LogP contribution < -0.4 is 0 Å². The monoisotopic (exact) mass is 259 g/mol. The van der Waals surface area contributed by atoms with Gasteiger partial charge in [-0.1, -0.05) is 0 Å². The first-order valence-corrected chi connectivity index (χ1v) is 5.33. The minimum atomic E-state index is -0.515. The minimum absolute atomic E-state index is 0.0533. The molecule has 0 unspecified atom stereocenters. The van der Waals surface area contributed by atoms with Gasteiger partial charge in [-0.25, -0.2) is 4.68 Å². The predicted octanol–water partition coefficient (Wildman–Crippen LogP) is 1.93. The van der Waals surface area contributed by atoms with Crippen LogP contribution in [0.1, 0.15) is 22.1 Å². The molecule has 0 atom stereocenters. The van der Waals surface area contributed by atoms with E-state index in [1.165, 1.54) is 37.4 Å². The van der Waals surface area contributed by atoms with Crippen LogP contribution in [0.3, 0.4) is 0 Å². The molecule has 2 rings (SSSR count). The molecule has 0 aliphatic rings. The van der Waals surface area contributed by atoms with Crippen molar-refractivity contribution in [1.82, 2.24) is 9.78 Å². The number of aromatic nitrogens is 2. The second-order valence-corrected chi connectivity index (χ2v) is 3.82. The molecule has 0 radical (unpaired) electrons. The molecule has 96 valence electrons. The van der Waals surface area contributed by atoms with Gasteiger partial charge in [-0.05, 0) is 12.1 Å². The Balaban J connectivity index is 2.48. The molecule has 7 heteroatoms. The maximum absolute atomic E-state index is 11.2.